The number of esters is 1. The summed E-state index contributed by atoms with van der Waals surface area (Å²) in [6, 6.07) is 13.9. The summed E-state index contributed by atoms with van der Waals surface area (Å²) in [4.78, 5) is 13.7. The van der Waals surface area contributed by atoms with E-state index in [-0.39, 0.29) is 11.6 Å². The molecule has 174 valence electrons. The number of carbonyl (C=O) groups is 1. The van der Waals surface area contributed by atoms with Crippen LogP contribution in [-0.4, -0.2) is 42.7 Å². The quantitative estimate of drug-likeness (QED) is 0.579. The third-order valence-electron chi connectivity index (χ3n) is 6.46. The molecular weight excluding hydrogens is 433 g/mol. The molecule has 0 saturated carbocycles. The molecular formula is C25H25F3N2O3. The smallest absolute Gasteiger partial charge is 0.416 e. The topological polar surface area (TPSA) is 62.6 Å². The summed E-state index contributed by atoms with van der Waals surface area (Å²) < 4.78 is 50.6. The number of halogens is 3. The molecule has 2 aromatic carbocycles. The summed E-state index contributed by atoms with van der Waals surface area (Å²) in [6.07, 6.45) is -2.07. The maximum absolute atomic E-state index is 13.0. The van der Waals surface area contributed by atoms with Crippen molar-refractivity contribution in [2.24, 2.45) is 0 Å². The van der Waals surface area contributed by atoms with Crippen LogP contribution in [0.25, 0.3) is 0 Å². The predicted octanol–water partition coefficient (Wildman–Crippen LogP) is 4.85. The van der Waals surface area contributed by atoms with E-state index in [9.17, 15) is 18.0 Å². The molecule has 2 aliphatic heterocycles. The summed E-state index contributed by atoms with van der Waals surface area (Å²) in [6.45, 7) is 2.66. The lowest BCUT2D eigenvalue weighted by molar-refractivity contribution is -0.152. The van der Waals surface area contributed by atoms with Crippen LogP contribution >= 0.6 is 0 Å². The summed E-state index contributed by atoms with van der Waals surface area (Å²) in [5.74, 6) is -0.117. The third kappa shape index (κ3) is 5.55. The molecule has 0 radical (unpaired) electrons. The van der Waals surface area contributed by atoms with Crippen LogP contribution in [0, 0.1) is 11.3 Å². The maximum atomic E-state index is 13.0. The van der Waals surface area contributed by atoms with Gasteiger partial charge in [-0.1, -0.05) is 24.3 Å². The molecule has 33 heavy (non-hydrogen) atoms. The third-order valence-corrected chi connectivity index (χ3v) is 6.46. The van der Waals surface area contributed by atoms with Crippen molar-refractivity contribution in [1.29, 1.82) is 5.26 Å². The Morgan fingerprint density at radius 2 is 1.64 bits per heavy atom. The van der Waals surface area contributed by atoms with E-state index in [2.05, 4.69) is 11.0 Å². The molecule has 1 spiro atoms. The Labute approximate surface area is 190 Å². The number of ether oxygens (including phenoxy) is 2. The minimum absolute atomic E-state index is 0.117. The maximum Gasteiger partial charge on any atom is 0.416 e. The minimum atomic E-state index is -4.40. The largest absolute Gasteiger partial charge is 0.459 e. The molecule has 0 bridgehead atoms. The summed E-state index contributed by atoms with van der Waals surface area (Å²) in [5, 5.41) is 9.05. The lowest BCUT2D eigenvalue weighted by Gasteiger charge is -2.38. The number of benzene rings is 2. The van der Waals surface area contributed by atoms with Crippen LogP contribution in [0.3, 0.4) is 0 Å². The van der Waals surface area contributed by atoms with Gasteiger partial charge in [-0.15, -0.1) is 0 Å². The Kier molecular flexibility index (Phi) is 6.73. The Morgan fingerprint density at radius 3 is 2.15 bits per heavy atom. The Hall–Kier alpha value is -2.89. The molecule has 2 heterocycles. The number of rotatable bonds is 6. The van der Waals surface area contributed by atoms with Gasteiger partial charge >= 0.3 is 12.1 Å². The van der Waals surface area contributed by atoms with Gasteiger partial charge in [0.15, 0.2) is 0 Å². The molecule has 2 aliphatic rings. The van der Waals surface area contributed by atoms with Crippen molar-refractivity contribution >= 4 is 5.97 Å². The predicted molar refractivity (Wildman–Crippen MR) is 114 cm³/mol. The average Bonchev–Trinajstić information content (AvgIpc) is 3.17. The molecule has 8 heteroatoms. The van der Waals surface area contributed by atoms with E-state index >= 15 is 0 Å². The zero-order valence-corrected chi connectivity index (χ0v) is 18.1. The first-order valence-electron chi connectivity index (χ1n) is 11.0. The van der Waals surface area contributed by atoms with Crippen LogP contribution in [0.1, 0.15) is 54.0 Å². The molecule has 0 N–H and O–H groups in total. The van der Waals surface area contributed by atoms with Crippen LogP contribution in [0.5, 0.6) is 0 Å². The van der Waals surface area contributed by atoms with Gasteiger partial charge in [0.25, 0.3) is 0 Å². The van der Waals surface area contributed by atoms with E-state index in [0.29, 0.717) is 30.7 Å². The van der Waals surface area contributed by atoms with Crippen molar-refractivity contribution in [2.75, 3.05) is 26.2 Å². The van der Waals surface area contributed by atoms with Gasteiger partial charge in [-0.05, 0) is 54.7 Å². The van der Waals surface area contributed by atoms with Gasteiger partial charge < -0.3 is 14.4 Å². The highest BCUT2D eigenvalue weighted by Crippen LogP contribution is 2.36. The van der Waals surface area contributed by atoms with Crippen molar-refractivity contribution in [3.05, 3.63) is 70.8 Å². The standard InChI is InChI=1S/C25H25F3N2O3/c26-25(27,28)21-7-5-20(6-8-21)23(19-3-1-18(17-29)2-4-19)32-16-15-30-13-11-24(12-14-30)10-9-22(31)33-24/h1-8,23H,9-16H2. The lowest BCUT2D eigenvalue weighted by Crippen LogP contribution is -2.45. The van der Waals surface area contributed by atoms with Crippen LogP contribution in [-0.2, 0) is 20.4 Å². The minimum Gasteiger partial charge on any atom is -0.459 e. The molecule has 1 unspecified atom stereocenters. The molecule has 0 aromatic heterocycles. The highest BCUT2D eigenvalue weighted by Gasteiger charge is 2.42. The summed E-state index contributed by atoms with van der Waals surface area (Å²) >= 11 is 0. The van der Waals surface area contributed by atoms with Crippen molar-refractivity contribution in [3.8, 4) is 6.07 Å². The van der Waals surface area contributed by atoms with Gasteiger partial charge in [0.05, 0.1) is 23.8 Å². The van der Waals surface area contributed by atoms with Gasteiger partial charge in [0.1, 0.15) is 11.7 Å². The second-order valence-corrected chi connectivity index (χ2v) is 8.60. The highest BCUT2D eigenvalue weighted by atomic mass is 19.4. The zero-order chi connectivity index (χ0) is 23.5. The van der Waals surface area contributed by atoms with Gasteiger partial charge in [-0.2, -0.15) is 18.4 Å². The van der Waals surface area contributed by atoms with Gasteiger partial charge in [0.2, 0.25) is 0 Å². The second kappa shape index (κ2) is 9.54. The highest BCUT2D eigenvalue weighted by molar-refractivity contribution is 5.72. The first-order valence-corrected chi connectivity index (χ1v) is 11.0. The summed E-state index contributed by atoms with van der Waals surface area (Å²) in [5.41, 5.74) is 0.867. The number of nitrogens with zero attached hydrogens (tertiary/aromatic N) is 2. The van der Waals surface area contributed by atoms with E-state index in [4.69, 9.17) is 14.7 Å². The van der Waals surface area contributed by atoms with E-state index in [1.54, 1.807) is 24.3 Å². The second-order valence-electron chi connectivity index (χ2n) is 8.60. The molecule has 2 saturated heterocycles. The lowest BCUT2D eigenvalue weighted by atomic mass is 9.89. The van der Waals surface area contributed by atoms with Crippen LogP contribution in [0.2, 0.25) is 0 Å². The van der Waals surface area contributed by atoms with Crippen molar-refractivity contribution in [3.63, 3.8) is 0 Å². The average molecular weight is 458 g/mol. The van der Waals surface area contributed by atoms with Crippen molar-refractivity contribution in [1.82, 2.24) is 4.90 Å². The molecule has 4 rings (SSSR count). The molecule has 1 atom stereocenters. The first-order chi connectivity index (χ1) is 15.8. The molecule has 5 nitrogen and oxygen atoms in total. The van der Waals surface area contributed by atoms with Gasteiger partial charge in [-0.3, -0.25) is 4.79 Å². The number of hydrogen-bond acceptors (Lipinski definition) is 5. The first kappa shape index (κ1) is 23.3. The fraction of sp³-hybridized carbons (Fsp3) is 0.440. The van der Waals surface area contributed by atoms with Crippen LogP contribution in [0.4, 0.5) is 13.2 Å². The van der Waals surface area contributed by atoms with Gasteiger partial charge in [0, 0.05) is 26.1 Å². The number of alkyl halides is 3. The molecule has 0 aliphatic carbocycles. The Balaban J connectivity index is 1.41. The fourth-order valence-electron chi connectivity index (χ4n) is 4.47. The van der Waals surface area contributed by atoms with Crippen molar-refractivity contribution < 1.29 is 27.4 Å². The number of nitriles is 1. The normalized spacial score (nSPS) is 19.3. The number of hydrogen-bond donors (Lipinski definition) is 0. The monoisotopic (exact) mass is 458 g/mol. The van der Waals surface area contributed by atoms with Crippen LogP contribution in [0.15, 0.2) is 48.5 Å². The van der Waals surface area contributed by atoms with E-state index in [0.717, 1.165) is 50.0 Å². The summed E-state index contributed by atoms with van der Waals surface area (Å²) in [7, 11) is 0. The number of carbonyl (C=O) groups excluding carboxylic acids is 1. The molecule has 2 fully saturated rings. The van der Waals surface area contributed by atoms with Gasteiger partial charge in [-0.25, -0.2) is 0 Å². The molecule has 2 aromatic rings. The van der Waals surface area contributed by atoms with Crippen molar-refractivity contribution in [2.45, 2.75) is 43.6 Å². The fourth-order valence-corrected chi connectivity index (χ4v) is 4.47. The van der Waals surface area contributed by atoms with E-state index < -0.39 is 17.8 Å². The Morgan fingerprint density at radius 1 is 1.03 bits per heavy atom. The number of likely N-dealkylation sites (tertiary alicyclic amines) is 1. The van der Waals surface area contributed by atoms with Crippen LogP contribution < -0.4 is 0 Å². The SMILES string of the molecule is N#Cc1ccc(C(OCCN2CCC3(CCC(=O)O3)CC2)c2ccc(C(F)(F)F)cc2)cc1. The van der Waals surface area contributed by atoms with E-state index in [1.165, 1.54) is 12.1 Å². The zero-order valence-electron chi connectivity index (χ0n) is 18.1. The van der Waals surface area contributed by atoms with E-state index in [1.807, 2.05) is 0 Å². The molecule has 0 amide bonds. The number of piperidine rings is 1. The Bertz CT molecular complexity index is 1010.